The van der Waals surface area contributed by atoms with Crippen LogP contribution in [-0.4, -0.2) is 34.8 Å². The van der Waals surface area contributed by atoms with Crippen LogP contribution in [0.25, 0.3) is 10.2 Å². The predicted molar refractivity (Wildman–Crippen MR) is 103 cm³/mol. The fourth-order valence-corrected chi connectivity index (χ4v) is 4.31. The molecular weight excluding hydrogens is 373 g/mol. The van der Waals surface area contributed by atoms with Crippen LogP contribution in [0.2, 0.25) is 0 Å². The van der Waals surface area contributed by atoms with Crippen molar-refractivity contribution < 1.29 is 13.9 Å². The lowest BCUT2D eigenvalue weighted by atomic mass is 10.2. The molecule has 5 nitrogen and oxygen atoms in total. The Bertz CT molecular complexity index is 930. The monoisotopic (exact) mass is 391 g/mol. The van der Waals surface area contributed by atoms with Crippen molar-refractivity contribution in [2.45, 2.75) is 18.9 Å². The molecule has 0 saturated heterocycles. The molecule has 1 amide bonds. The van der Waals surface area contributed by atoms with Gasteiger partial charge in [0.25, 0.3) is 0 Å². The van der Waals surface area contributed by atoms with Gasteiger partial charge in [0.2, 0.25) is 5.91 Å². The predicted octanol–water partition coefficient (Wildman–Crippen LogP) is 3.73. The van der Waals surface area contributed by atoms with Crippen LogP contribution < -0.4 is 10.1 Å². The molecule has 2 aromatic heterocycles. The molecule has 26 heavy (non-hydrogen) atoms. The zero-order chi connectivity index (χ0) is 18.5. The number of aromatic nitrogens is 2. The molecule has 0 fully saturated rings. The van der Waals surface area contributed by atoms with E-state index in [1.165, 1.54) is 35.1 Å². The number of carbonyl (C=O) groups is 1. The minimum atomic E-state index is -0.349. The number of hydrogen-bond acceptors (Lipinski definition) is 6. The largest absolute Gasteiger partial charge is 0.492 e. The van der Waals surface area contributed by atoms with Gasteiger partial charge in [-0.15, -0.1) is 11.3 Å². The van der Waals surface area contributed by atoms with Crippen molar-refractivity contribution in [2.75, 3.05) is 18.9 Å². The van der Waals surface area contributed by atoms with E-state index in [9.17, 15) is 9.18 Å². The summed E-state index contributed by atoms with van der Waals surface area (Å²) in [6, 6.07) is 5.92. The van der Waals surface area contributed by atoms with Crippen LogP contribution >= 0.6 is 23.1 Å². The highest BCUT2D eigenvalue weighted by Gasteiger charge is 2.13. The van der Waals surface area contributed by atoms with Crippen molar-refractivity contribution in [3.8, 4) is 5.75 Å². The molecule has 3 aromatic rings. The lowest BCUT2D eigenvalue weighted by molar-refractivity contribution is -0.118. The number of ether oxygens (including phenoxy) is 1. The van der Waals surface area contributed by atoms with Gasteiger partial charge in [-0.2, -0.15) is 0 Å². The third-order valence-corrected chi connectivity index (χ3v) is 5.86. The van der Waals surface area contributed by atoms with Crippen LogP contribution in [0.3, 0.4) is 0 Å². The number of benzene rings is 1. The van der Waals surface area contributed by atoms with E-state index >= 15 is 0 Å². The summed E-state index contributed by atoms with van der Waals surface area (Å²) in [5.74, 6) is 0.257. The van der Waals surface area contributed by atoms with Gasteiger partial charge in [0.15, 0.2) is 0 Å². The second-order valence-corrected chi connectivity index (χ2v) is 7.75. The fourth-order valence-electron chi connectivity index (χ4n) is 2.36. The van der Waals surface area contributed by atoms with E-state index in [1.807, 2.05) is 6.92 Å². The third kappa shape index (κ3) is 4.50. The van der Waals surface area contributed by atoms with Gasteiger partial charge < -0.3 is 10.1 Å². The van der Waals surface area contributed by atoms with Crippen LogP contribution in [0.1, 0.15) is 10.4 Å². The lowest BCUT2D eigenvalue weighted by Gasteiger charge is -2.08. The highest BCUT2D eigenvalue weighted by molar-refractivity contribution is 8.00. The summed E-state index contributed by atoms with van der Waals surface area (Å²) >= 11 is 3.03. The number of fused-ring (bicyclic) bond motifs is 1. The van der Waals surface area contributed by atoms with E-state index in [-0.39, 0.29) is 24.1 Å². The van der Waals surface area contributed by atoms with Gasteiger partial charge in [0.05, 0.1) is 12.3 Å². The first-order valence-corrected chi connectivity index (χ1v) is 9.83. The first kappa shape index (κ1) is 18.6. The summed E-state index contributed by atoms with van der Waals surface area (Å²) in [5, 5.41) is 4.64. The van der Waals surface area contributed by atoms with E-state index in [2.05, 4.69) is 22.2 Å². The van der Waals surface area contributed by atoms with Gasteiger partial charge in [-0.3, -0.25) is 4.79 Å². The van der Waals surface area contributed by atoms with Crippen LogP contribution in [0.15, 0.2) is 35.6 Å². The van der Waals surface area contributed by atoms with E-state index in [1.54, 1.807) is 23.5 Å². The molecule has 1 N–H and O–H groups in total. The van der Waals surface area contributed by atoms with Crippen LogP contribution in [0.4, 0.5) is 4.39 Å². The molecule has 0 radical (unpaired) electrons. The number of halogens is 1. The molecule has 8 heteroatoms. The average Bonchev–Trinajstić information content (AvgIpc) is 2.92. The van der Waals surface area contributed by atoms with E-state index in [0.717, 1.165) is 20.8 Å². The number of amides is 1. The number of thiophene rings is 1. The minimum absolute atomic E-state index is 0.103. The molecule has 0 aliphatic carbocycles. The topological polar surface area (TPSA) is 64.1 Å². The van der Waals surface area contributed by atoms with Crippen LogP contribution in [-0.2, 0) is 4.79 Å². The average molecular weight is 391 g/mol. The zero-order valence-electron chi connectivity index (χ0n) is 14.4. The summed E-state index contributed by atoms with van der Waals surface area (Å²) in [6.07, 6.45) is 1.53. The quantitative estimate of drug-likeness (QED) is 0.378. The Kier molecular flexibility index (Phi) is 6.05. The Morgan fingerprint density at radius 1 is 1.35 bits per heavy atom. The Hall–Kier alpha value is -2.19. The van der Waals surface area contributed by atoms with Gasteiger partial charge in [-0.25, -0.2) is 14.4 Å². The standard InChI is InChI=1S/C18H18FN3O2S2/c1-11-12(2)26-18-16(11)17(21-10-22-18)25-9-15(23)20-6-7-24-14-5-3-4-13(19)8-14/h3-5,8,10H,6-7,9H2,1-2H3,(H,20,23). The van der Waals surface area contributed by atoms with Gasteiger partial charge in [-0.1, -0.05) is 17.8 Å². The number of rotatable bonds is 7. The van der Waals surface area contributed by atoms with Crippen LogP contribution in [0, 0.1) is 19.7 Å². The highest BCUT2D eigenvalue weighted by Crippen LogP contribution is 2.34. The maximum absolute atomic E-state index is 13.0. The van der Waals surface area contributed by atoms with Crippen molar-refractivity contribution in [3.05, 3.63) is 46.9 Å². The molecular formula is C18H18FN3O2S2. The summed E-state index contributed by atoms with van der Waals surface area (Å²) in [4.78, 5) is 22.8. The van der Waals surface area contributed by atoms with Crippen molar-refractivity contribution in [3.63, 3.8) is 0 Å². The molecule has 0 aliphatic heterocycles. The minimum Gasteiger partial charge on any atom is -0.492 e. The fraction of sp³-hybridized carbons (Fsp3) is 0.278. The molecule has 0 spiro atoms. The van der Waals surface area contributed by atoms with Crippen molar-refractivity contribution in [1.29, 1.82) is 0 Å². The smallest absolute Gasteiger partial charge is 0.230 e. The summed E-state index contributed by atoms with van der Waals surface area (Å²) in [6.45, 7) is 4.74. The maximum atomic E-state index is 13.0. The van der Waals surface area contributed by atoms with Gasteiger partial charge in [0, 0.05) is 16.3 Å². The molecule has 3 rings (SSSR count). The Morgan fingerprint density at radius 2 is 2.19 bits per heavy atom. The number of carbonyl (C=O) groups excluding carboxylic acids is 1. The first-order chi connectivity index (χ1) is 12.5. The van der Waals surface area contributed by atoms with Crippen LogP contribution in [0.5, 0.6) is 5.75 Å². The zero-order valence-corrected chi connectivity index (χ0v) is 16.0. The van der Waals surface area contributed by atoms with Crippen molar-refractivity contribution in [1.82, 2.24) is 15.3 Å². The molecule has 0 bridgehead atoms. The summed E-state index contributed by atoms with van der Waals surface area (Å²) in [5.41, 5.74) is 1.16. The number of nitrogens with zero attached hydrogens (tertiary/aromatic N) is 2. The second kappa shape index (κ2) is 8.46. The van der Waals surface area contributed by atoms with Gasteiger partial charge in [0.1, 0.15) is 34.4 Å². The highest BCUT2D eigenvalue weighted by atomic mass is 32.2. The first-order valence-electron chi connectivity index (χ1n) is 8.03. The molecule has 0 aliphatic rings. The van der Waals surface area contributed by atoms with E-state index < -0.39 is 0 Å². The van der Waals surface area contributed by atoms with Gasteiger partial charge >= 0.3 is 0 Å². The molecule has 0 saturated carbocycles. The summed E-state index contributed by atoms with van der Waals surface area (Å²) < 4.78 is 18.4. The Labute approximate surface area is 159 Å². The summed E-state index contributed by atoms with van der Waals surface area (Å²) in [7, 11) is 0. The van der Waals surface area contributed by atoms with E-state index in [4.69, 9.17) is 4.74 Å². The number of nitrogens with one attached hydrogen (secondary N) is 1. The molecule has 0 atom stereocenters. The lowest BCUT2D eigenvalue weighted by Crippen LogP contribution is -2.29. The number of aryl methyl sites for hydroxylation is 2. The normalized spacial score (nSPS) is 10.9. The Balaban J connectivity index is 1.47. The maximum Gasteiger partial charge on any atom is 0.230 e. The van der Waals surface area contributed by atoms with Gasteiger partial charge in [-0.05, 0) is 31.5 Å². The number of hydrogen-bond donors (Lipinski definition) is 1. The van der Waals surface area contributed by atoms with Crippen molar-refractivity contribution >= 4 is 39.2 Å². The molecule has 0 unspecified atom stereocenters. The third-order valence-electron chi connectivity index (χ3n) is 3.76. The Morgan fingerprint density at radius 3 is 3.00 bits per heavy atom. The number of thioether (sulfide) groups is 1. The molecule has 136 valence electrons. The molecule has 1 aromatic carbocycles. The SMILES string of the molecule is Cc1sc2ncnc(SCC(=O)NCCOc3cccc(F)c3)c2c1C. The van der Waals surface area contributed by atoms with E-state index in [0.29, 0.717) is 12.3 Å². The second-order valence-electron chi connectivity index (χ2n) is 5.59. The van der Waals surface area contributed by atoms with Crippen molar-refractivity contribution in [2.24, 2.45) is 0 Å². The molecule has 2 heterocycles.